The van der Waals surface area contributed by atoms with E-state index < -0.39 is 36.1 Å². The zero-order chi connectivity index (χ0) is 23.7. The van der Waals surface area contributed by atoms with Crippen LogP contribution in [0.25, 0.3) is 5.65 Å². The fourth-order valence-corrected chi connectivity index (χ4v) is 2.68. The van der Waals surface area contributed by atoms with Crippen LogP contribution in [-0.4, -0.2) is 31.8 Å². The van der Waals surface area contributed by atoms with E-state index in [1.807, 2.05) is 0 Å². The molecular formula is C18H16F6N6O2. The molecule has 0 aliphatic carbocycles. The molecule has 0 saturated heterocycles. The van der Waals surface area contributed by atoms with Crippen LogP contribution < -0.4 is 10.6 Å². The van der Waals surface area contributed by atoms with Gasteiger partial charge in [0.15, 0.2) is 5.82 Å². The summed E-state index contributed by atoms with van der Waals surface area (Å²) in [5, 5.41) is 12.6. The Hall–Kier alpha value is -3.58. The van der Waals surface area contributed by atoms with Crippen LogP contribution in [0.15, 0.2) is 30.6 Å². The Morgan fingerprint density at radius 3 is 2.25 bits per heavy atom. The maximum atomic E-state index is 13.0. The molecule has 0 fully saturated rings. The van der Waals surface area contributed by atoms with Crippen molar-refractivity contribution in [1.29, 1.82) is 0 Å². The summed E-state index contributed by atoms with van der Waals surface area (Å²) in [5.74, 6) is 0.00535. The number of carbonyl (C=O) groups is 1. The standard InChI is InChI=1S/C18H16F6N6O2/c1-9(2)32-16(31)27-15-29-28-14-13(25-3-4-30(14)15)26-8-10-5-11(17(19,20)21)7-12(6-10)18(22,23)24/h3-7,9H,8H2,1-2H3,(H,25,26)(H,27,29,31). The normalized spacial score (nSPS) is 12.3. The molecule has 0 bridgehead atoms. The van der Waals surface area contributed by atoms with E-state index in [2.05, 4.69) is 25.8 Å². The molecule has 1 aromatic carbocycles. The number of benzene rings is 1. The van der Waals surface area contributed by atoms with Crippen molar-refractivity contribution in [2.75, 3.05) is 10.6 Å². The highest BCUT2D eigenvalue weighted by atomic mass is 19.4. The molecule has 0 spiro atoms. The number of rotatable bonds is 5. The largest absolute Gasteiger partial charge is 0.447 e. The molecule has 172 valence electrons. The summed E-state index contributed by atoms with van der Waals surface area (Å²) >= 11 is 0. The van der Waals surface area contributed by atoms with Gasteiger partial charge in [-0.1, -0.05) is 0 Å². The lowest BCUT2D eigenvalue weighted by atomic mass is 10.0. The van der Waals surface area contributed by atoms with Crippen LogP contribution in [-0.2, 0) is 23.6 Å². The monoisotopic (exact) mass is 462 g/mol. The van der Waals surface area contributed by atoms with Gasteiger partial charge in [0.2, 0.25) is 11.6 Å². The number of nitrogens with zero attached hydrogens (tertiary/aromatic N) is 4. The van der Waals surface area contributed by atoms with Gasteiger partial charge in [-0.25, -0.2) is 9.78 Å². The number of aromatic nitrogens is 4. The summed E-state index contributed by atoms with van der Waals surface area (Å²) in [7, 11) is 0. The van der Waals surface area contributed by atoms with Gasteiger partial charge in [0.25, 0.3) is 0 Å². The Morgan fingerprint density at radius 1 is 1.06 bits per heavy atom. The van der Waals surface area contributed by atoms with Gasteiger partial charge >= 0.3 is 18.4 Å². The molecular weight excluding hydrogens is 446 g/mol. The van der Waals surface area contributed by atoms with Crippen molar-refractivity contribution in [1.82, 2.24) is 19.6 Å². The molecule has 0 aliphatic heterocycles. The molecule has 0 radical (unpaired) electrons. The van der Waals surface area contributed by atoms with Crippen molar-refractivity contribution in [3.8, 4) is 0 Å². The van der Waals surface area contributed by atoms with Crippen LogP contribution in [0.4, 0.5) is 42.9 Å². The van der Waals surface area contributed by atoms with Crippen LogP contribution in [0, 0.1) is 0 Å². The number of halogens is 6. The van der Waals surface area contributed by atoms with Gasteiger partial charge in [-0.15, -0.1) is 10.2 Å². The minimum atomic E-state index is -4.95. The summed E-state index contributed by atoms with van der Waals surface area (Å²) in [6.45, 7) is 2.88. The minimum absolute atomic E-state index is 0.0190. The molecule has 0 atom stereocenters. The first-order chi connectivity index (χ1) is 14.8. The van der Waals surface area contributed by atoms with Crippen molar-refractivity contribution >= 4 is 23.5 Å². The highest BCUT2D eigenvalue weighted by Crippen LogP contribution is 2.36. The second-order valence-electron chi connectivity index (χ2n) is 6.84. The second kappa shape index (κ2) is 8.51. The van der Waals surface area contributed by atoms with Gasteiger partial charge in [0.05, 0.1) is 17.2 Å². The Morgan fingerprint density at radius 2 is 1.69 bits per heavy atom. The topological polar surface area (TPSA) is 93.4 Å². The van der Waals surface area contributed by atoms with Gasteiger partial charge in [-0.05, 0) is 37.6 Å². The Bertz CT molecular complexity index is 1090. The minimum Gasteiger partial charge on any atom is -0.447 e. The molecule has 2 heterocycles. The summed E-state index contributed by atoms with van der Waals surface area (Å²) in [6, 6.07) is 1.28. The van der Waals surface area contributed by atoms with E-state index in [-0.39, 0.29) is 35.1 Å². The first kappa shape index (κ1) is 23.1. The van der Waals surface area contributed by atoms with Crippen molar-refractivity contribution in [3.05, 3.63) is 47.3 Å². The summed E-state index contributed by atoms with van der Waals surface area (Å²) in [5.41, 5.74) is -3.04. The molecule has 1 amide bonds. The zero-order valence-electron chi connectivity index (χ0n) is 16.5. The molecule has 14 heteroatoms. The van der Waals surface area contributed by atoms with Gasteiger partial charge in [-0.3, -0.25) is 9.72 Å². The molecule has 2 N–H and O–H groups in total. The van der Waals surface area contributed by atoms with Gasteiger partial charge in [-0.2, -0.15) is 26.3 Å². The lowest BCUT2D eigenvalue weighted by molar-refractivity contribution is -0.143. The van der Waals surface area contributed by atoms with Crippen LogP contribution >= 0.6 is 0 Å². The van der Waals surface area contributed by atoms with Crippen molar-refractivity contribution in [3.63, 3.8) is 0 Å². The first-order valence-corrected chi connectivity index (χ1v) is 9.04. The Balaban J connectivity index is 1.86. The van der Waals surface area contributed by atoms with E-state index in [4.69, 9.17) is 4.74 Å². The van der Waals surface area contributed by atoms with Crippen LogP contribution in [0.2, 0.25) is 0 Å². The van der Waals surface area contributed by atoms with E-state index in [1.54, 1.807) is 13.8 Å². The number of hydrogen-bond acceptors (Lipinski definition) is 6. The summed E-state index contributed by atoms with van der Waals surface area (Å²) < 4.78 is 84.4. The fraction of sp³-hybridized carbons (Fsp3) is 0.333. The van der Waals surface area contributed by atoms with E-state index in [0.29, 0.717) is 12.1 Å². The SMILES string of the molecule is CC(C)OC(=O)Nc1nnc2c(NCc3cc(C(F)(F)F)cc(C(F)(F)F)c3)nccn12. The van der Waals surface area contributed by atoms with Gasteiger partial charge < -0.3 is 10.1 Å². The maximum absolute atomic E-state index is 13.0. The van der Waals surface area contributed by atoms with Gasteiger partial charge in [0, 0.05) is 18.9 Å². The molecule has 2 aromatic heterocycles. The quantitative estimate of drug-likeness (QED) is 0.533. The average Bonchev–Trinajstić information content (AvgIpc) is 3.07. The third-order valence-electron chi connectivity index (χ3n) is 3.99. The highest BCUT2D eigenvalue weighted by Gasteiger charge is 2.36. The van der Waals surface area contributed by atoms with Gasteiger partial charge in [0.1, 0.15) is 0 Å². The summed E-state index contributed by atoms with van der Waals surface area (Å²) in [4.78, 5) is 15.7. The average molecular weight is 462 g/mol. The molecule has 32 heavy (non-hydrogen) atoms. The predicted molar refractivity (Wildman–Crippen MR) is 99.8 cm³/mol. The predicted octanol–water partition coefficient (Wildman–Crippen LogP) is 4.73. The van der Waals surface area contributed by atoms with Crippen LogP contribution in [0.3, 0.4) is 0 Å². The second-order valence-corrected chi connectivity index (χ2v) is 6.84. The highest BCUT2D eigenvalue weighted by molar-refractivity contribution is 5.83. The Labute approximate surface area is 176 Å². The van der Waals surface area contributed by atoms with Crippen molar-refractivity contribution in [2.45, 2.75) is 38.8 Å². The van der Waals surface area contributed by atoms with E-state index >= 15 is 0 Å². The molecule has 0 aliphatic rings. The summed E-state index contributed by atoms with van der Waals surface area (Å²) in [6.07, 6.45) is -8.40. The number of carbonyl (C=O) groups excluding carboxylic acids is 1. The number of ether oxygens (including phenoxy) is 1. The number of hydrogen-bond donors (Lipinski definition) is 2. The number of amides is 1. The lowest BCUT2D eigenvalue weighted by Crippen LogP contribution is -2.19. The fourth-order valence-electron chi connectivity index (χ4n) is 2.68. The third kappa shape index (κ3) is 5.36. The molecule has 3 aromatic rings. The van der Waals surface area contributed by atoms with E-state index in [9.17, 15) is 31.1 Å². The molecule has 8 nitrogen and oxygen atoms in total. The van der Waals surface area contributed by atoms with Crippen LogP contribution in [0.5, 0.6) is 0 Å². The number of alkyl halides is 6. The molecule has 0 unspecified atom stereocenters. The maximum Gasteiger partial charge on any atom is 0.416 e. The number of anilines is 2. The molecule has 3 rings (SSSR count). The van der Waals surface area contributed by atoms with Crippen LogP contribution in [0.1, 0.15) is 30.5 Å². The zero-order valence-corrected chi connectivity index (χ0v) is 16.5. The van der Waals surface area contributed by atoms with E-state index in [1.165, 1.54) is 16.8 Å². The Kier molecular flexibility index (Phi) is 6.14. The number of nitrogens with one attached hydrogen (secondary N) is 2. The number of fused-ring (bicyclic) bond motifs is 1. The lowest BCUT2D eigenvalue weighted by Gasteiger charge is -2.15. The first-order valence-electron chi connectivity index (χ1n) is 9.04. The van der Waals surface area contributed by atoms with Crippen molar-refractivity contribution in [2.24, 2.45) is 0 Å². The molecule has 0 saturated carbocycles. The third-order valence-corrected chi connectivity index (χ3v) is 3.99. The van der Waals surface area contributed by atoms with E-state index in [0.717, 1.165) is 0 Å². The van der Waals surface area contributed by atoms with Crippen molar-refractivity contribution < 1.29 is 35.9 Å². The smallest absolute Gasteiger partial charge is 0.416 e.